The number of rotatable bonds is 5. The molecule has 0 atom stereocenters. The van der Waals surface area contributed by atoms with Gasteiger partial charge in [0.1, 0.15) is 24.9 Å². The lowest BCUT2D eigenvalue weighted by Gasteiger charge is -2.22. The first kappa shape index (κ1) is 20.4. The number of carbonyl (C=O) groups excluding carboxylic acids is 1. The molecule has 9 heteroatoms. The van der Waals surface area contributed by atoms with E-state index in [4.69, 9.17) is 9.47 Å². The number of halogens is 1. The fourth-order valence-corrected chi connectivity index (χ4v) is 4.05. The largest absolute Gasteiger partial charge is 0.486 e. The van der Waals surface area contributed by atoms with E-state index in [9.17, 15) is 9.18 Å². The van der Waals surface area contributed by atoms with Crippen molar-refractivity contribution in [3.8, 4) is 11.5 Å². The number of hydrogen-bond acceptors (Lipinski definition) is 6. The smallest absolute Gasteiger partial charge is 0.251 e. The highest BCUT2D eigenvalue weighted by atomic mass is 19.1. The molecule has 0 fully saturated rings. The molecule has 0 saturated heterocycles. The molecule has 5 rings (SSSR count). The Morgan fingerprint density at radius 1 is 1.03 bits per heavy atom. The van der Waals surface area contributed by atoms with Crippen LogP contribution in [0.25, 0.3) is 0 Å². The molecule has 1 amide bonds. The zero-order chi connectivity index (χ0) is 21.9. The van der Waals surface area contributed by atoms with Crippen molar-refractivity contribution in [2.75, 3.05) is 26.3 Å². The van der Waals surface area contributed by atoms with E-state index in [0.717, 1.165) is 49.9 Å². The van der Waals surface area contributed by atoms with Crippen molar-refractivity contribution in [3.63, 3.8) is 0 Å². The van der Waals surface area contributed by atoms with Gasteiger partial charge in [0.15, 0.2) is 17.3 Å². The maximum Gasteiger partial charge on any atom is 0.251 e. The molecule has 0 bridgehead atoms. The number of amides is 1. The van der Waals surface area contributed by atoms with E-state index in [1.165, 1.54) is 23.8 Å². The number of hydrogen-bond donors (Lipinski definition) is 1. The van der Waals surface area contributed by atoms with E-state index < -0.39 is 5.82 Å². The minimum atomic E-state index is -0.438. The SMILES string of the molecule is O=C(NCc1nnc2n1CCN(Cc1ccc3c(c1)OCCO3)CC2)c1cccc(F)c1. The lowest BCUT2D eigenvalue weighted by Crippen LogP contribution is -2.28. The summed E-state index contributed by atoms with van der Waals surface area (Å²) in [7, 11) is 0. The summed E-state index contributed by atoms with van der Waals surface area (Å²) in [5, 5.41) is 11.4. The summed E-state index contributed by atoms with van der Waals surface area (Å²) in [4.78, 5) is 14.7. The first-order valence-electron chi connectivity index (χ1n) is 10.7. The van der Waals surface area contributed by atoms with Gasteiger partial charge in [-0.15, -0.1) is 10.2 Å². The molecule has 3 heterocycles. The van der Waals surface area contributed by atoms with Gasteiger partial charge in [-0.1, -0.05) is 12.1 Å². The molecular weight excluding hydrogens is 413 g/mol. The second kappa shape index (κ2) is 8.96. The van der Waals surface area contributed by atoms with Gasteiger partial charge in [-0.2, -0.15) is 0 Å². The second-order valence-electron chi connectivity index (χ2n) is 7.88. The van der Waals surface area contributed by atoms with Gasteiger partial charge in [0.25, 0.3) is 5.91 Å². The summed E-state index contributed by atoms with van der Waals surface area (Å²) < 4.78 is 26.7. The first-order chi connectivity index (χ1) is 15.7. The molecule has 3 aromatic rings. The standard InChI is InChI=1S/C23H24FN5O3/c24-18-3-1-2-17(13-18)23(30)25-14-22-27-26-21-6-7-28(8-9-29(21)22)15-16-4-5-19-20(12-16)32-11-10-31-19/h1-5,12-13H,6-11,14-15H2,(H,25,30). The summed E-state index contributed by atoms with van der Waals surface area (Å²) in [5.41, 5.74) is 1.46. The van der Waals surface area contributed by atoms with Crippen LogP contribution in [0.1, 0.15) is 27.6 Å². The summed E-state index contributed by atoms with van der Waals surface area (Å²) in [5.74, 6) is 2.43. The maximum atomic E-state index is 13.4. The van der Waals surface area contributed by atoms with Crippen LogP contribution in [0.2, 0.25) is 0 Å². The molecule has 0 radical (unpaired) electrons. The van der Waals surface area contributed by atoms with Crippen molar-refractivity contribution in [2.24, 2.45) is 0 Å². The topological polar surface area (TPSA) is 81.5 Å². The van der Waals surface area contributed by atoms with Crippen molar-refractivity contribution >= 4 is 5.91 Å². The Bertz CT molecular complexity index is 1130. The summed E-state index contributed by atoms with van der Waals surface area (Å²) in [6.45, 7) is 4.64. The number of carbonyl (C=O) groups is 1. The zero-order valence-corrected chi connectivity index (χ0v) is 17.6. The predicted molar refractivity (Wildman–Crippen MR) is 114 cm³/mol. The molecule has 1 N–H and O–H groups in total. The quantitative estimate of drug-likeness (QED) is 0.659. The highest BCUT2D eigenvalue weighted by molar-refractivity contribution is 5.94. The lowest BCUT2D eigenvalue weighted by molar-refractivity contribution is 0.0949. The van der Waals surface area contributed by atoms with Gasteiger partial charge in [-0.05, 0) is 35.9 Å². The number of benzene rings is 2. The van der Waals surface area contributed by atoms with E-state index in [1.807, 2.05) is 12.1 Å². The van der Waals surface area contributed by atoms with Gasteiger partial charge in [-0.25, -0.2) is 4.39 Å². The fraction of sp³-hybridized carbons (Fsp3) is 0.348. The van der Waals surface area contributed by atoms with Crippen molar-refractivity contribution in [3.05, 3.63) is 71.1 Å². The molecule has 1 aromatic heterocycles. The van der Waals surface area contributed by atoms with Crippen LogP contribution >= 0.6 is 0 Å². The molecule has 0 aliphatic carbocycles. The molecule has 0 unspecified atom stereocenters. The Morgan fingerprint density at radius 3 is 2.78 bits per heavy atom. The highest BCUT2D eigenvalue weighted by Crippen LogP contribution is 2.31. The molecule has 8 nitrogen and oxygen atoms in total. The molecule has 2 aliphatic heterocycles. The van der Waals surface area contributed by atoms with E-state index >= 15 is 0 Å². The lowest BCUT2D eigenvalue weighted by atomic mass is 10.1. The van der Waals surface area contributed by atoms with E-state index in [-0.39, 0.29) is 18.0 Å². The first-order valence-corrected chi connectivity index (χ1v) is 10.7. The van der Waals surface area contributed by atoms with Crippen LogP contribution in [0.15, 0.2) is 42.5 Å². The average Bonchev–Trinajstić information content (AvgIpc) is 3.09. The predicted octanol–water partition coefficient (Wildman–Crippen LogP) is 2.18. The Kier molecular flexibility index (Phi) is 5.72. The highest BCUT2D eigenvalue weighted by Gasteiger charge is 2.20. The number of nitrogens with one attached hydrogen (secondary N) is 1. The van der Waals surface area contributed by atoms with Gasteiger partial charge >= 0.3 is 0 Å². The minimum absolute atomic E-state index is 0.241. The minimum Gasteiger partial charge on any atom is -0.486 e. The summed E-state index contributed by atoms with van der Waals surface area (Å²) >= 11 is 0. The van der Waals surface area contributed by atoms with Crippen molar-refractivity contribution in [1.82, 2.24) is 25.0 Å². The summed E-state index contributed by atoms with van der Waals surface area (Å²) in [6, 6.07) is 11.7. The number of fused-ring (bicyclic) bond motifs is 2. The zero-order valence-electron chi connectivity index (χ0n) is 17.6. The fourth-order valence-electron chi connectivity index (χ4n) is 4.05. The molecule has 0 saturated carbocycles. The third-order valence-electron chi connectivity index (χ3n) is 5.70. The Hall–Kier alpha value is -3.46. The Morgan fingerprint density at radius 2 is 1.91 bits per heavy atom. The van der Waals surface area contributed by atoms with E-state index in [0.29, 0.717) is 19.0 Å². The monoisotopic (exact) mass is 437 g/mol. The van der Waals surface area contributed by atoms with Crippen LogP contribution < -0.4 is 14.8 Å². The van der Waals surface area contributed by atoms with Crippen LogP contribution in [0.3, 0.4) is 0 Å². The number of nitrogens with zero attached hydrogens (tertiary/aromatic N) is 4. The van der Waals surface area contributed by atoms with Crippen molar-refractivity contribution in [1.29, 1.82) is 0 Å². The normalized spacial score (nSPS) is 15.7. The maximum absolute atomic E-state index is 13.4. The van der Waals surface area contributed by atoms with Crippen LogP contribution in [0.5, 0.6) is 11.5 Å². The van der Waals surface area contributed by atoms with Crippen LogP contribution in [-0.4, -0.2) is 51.9 Å². The molecular formula is C23H24FN5O3. The van der Waals surface area contributed by atoms with Crippen LogP contribution in [-0.2, 0) is 26.1 Å². The third-order valence-corrected chi connectivity index (χ3v) is 5.70. The number of ether oxygens (including phenoxy) is 2. The third kappa shape index (κ3) is 4.43. The van der Waals surface area contributed by atoms with Gasteiger partial charge in [0.05, 0.1) is 6.54 Å². The molecule has 2 aliphatic rings. The molecule has 0 spiro atoms. The van der Waals surface area contributed by atoms with Gasteiger partial charge < -0.3 is 19.4 Å². The van der Waals surface area contributed by atoms with Crippen molar-refractivity contribution in [2.45, 2.75) is 26.1 Å². The van der Waals surface area contributed by atoms with Crippen LogP contribution in [0, 0.1) is 5.82 Å². The van der Waals surface area contributed by atoms with E-state index in [2.05, 4.69) is 31.0 Å². The average molecular weight is 437 g/mol. The second-order valence-corrected chi connectivity index (χ2v) is 7.88. The van der Waals surface area contributed by atoms with E-state index in [1.54, 1.807) is 6.07 Å². The van der Waals surface area contributed by atoms with Gasteiger partial charge in [0, 0.05) is 38.2 Å². The Labute approximate surface area is 185 Å². The van der Waals surface area contributed by atoms with Gasteiger partial charge in [0.2, 0.25) is 0 Å². The van der Waals surface area contributed by atoms with Crippen LogP contribution in [0.4, 0.5) is 4.39 Å². The summed E-state index contributed by atoms with van der Waals surface area (Å²) in [6.07, 6.45) is 0.773. The molecule has 166 valence electrons. The molecule has 32 heavy (non-hydrogen) atoms. The number of aromatic nitrogens is 3. The molecule has 2 aromatic carbocycles. The van der Waals surface area contributed by atoms with Crippen molar-refractivity contribution < 1.29 is 18.7 Å². The Balaban J connectivity index is 1.20. The van der Waals surface area contributed by atoms with Gasteiger partial charge in [-0.3, -0.25) is 9.69 Å².